The number of carbonyl (C=O) groups excluding carboxylic acids is 1. The molecule has 4 rings (SSSR count). The van der Waals surface area contributed by atoms with Gasteiger partial charge >= 0.3 is 0 Å². The van der Waals surface area contributed by atoms with Crippen molar-refractivity contribution in [3.05, 3.63) is 88.7 Å². The monoisotopic (exact) mass is 453 g/mol. The van der Waals surface area contributed by atoms with Crippen molar-refractivity contribution in [3.8, 4) is 5.75 Å². The molecule has 0 saturated heterocycles. The number of fused-ring (bicyclic) bond motifs is 1. The molecule has 0 bridgehead atoms. The standard InChI is InChI=1S/C25H24FNO4S/c1-18-6-2-3-10-24(18)32(29,30)27-14-13-20-7-4-8-21(25(20)27)17-31-22-12-11-19(9-5-15-28)23(26)16-22/h2-4,6-8,10-12,15-16H,5,9,13-14,17H2,1H3. The molecular formula is C25H24FNO4S. The van der Waals surface area contributed by atoms with Gasteiger partial charge in [-0.05, 0) is 48.6 Å². The Balaban J connectivity index is 1.60. The molecule has 0 N–H and O–H groups in total. The van der Waals surface area contributed by atoms with Gasteiger partial charge in [0.1, 0.15) is 24.5 Å². The molecule has 0 aliphatic carbocycles. The number of halogens is 1. The normalized spacial score (nSPS) is 13.1. The van der Waals surface area contributed by atoms with Gasteiger partial charge in [0.25, 0.3) is 10.0 Å². The van der Waals surface area contributed by atoms with Gasteiger partial charge in [-0.2, -0.15) is 0 Å². The smallest absolute Gasteiger partial charge is 0.264 e. The predicted octanol–water partition coefficient (Wildman–Crippen LogP) is 4.60. The molecule has 0 unspecified atom stereocenters. The number of aldehydes is 1. The van der Waals surface area contributed by atoms with E-state index in [1.54, 1.807) is 37.3 Å². The van der Waals surface area contributed by atoms with Crippen LogP contribution in [-0.4, -0.2) is 21.2 Å². The fourth-order valence-corrected chi connectivity index (χ4v) is 5.79. The number of hydrogen-bond acceptors (Lipinski definition) is 4. The summed E-state index contributed by atoms with van der Waals surface area (Å²) in [6, 6.07) is 17.1. The molecule has 0 spiro atoms. The van der Waals surface area contributed by atoms with Gasteiger partial charge in [-0.25, -0.2) is 12.8 Å². The fourth-order valence-electron chi connectivity index (χ4n) is 4.02. The number of rotatable bonds is 8. The quantitative estimate of drug-likeness (QED) is 0.468. The largest absolute Gasteiger partial charge is 0.489 e. The van der Waals surface area contributed by atoms with Crippen molar-refractivity contribution in [1.29, 1.82) is 0 Å². The highest BCUT2D eigenvalue weighted by atomic mass is 32.2. The van der Waals surface area contributed by atoms with Gasteiger partial charge in [0.15, 0.2) is 0 Å². The first-order valence-corrected chi connectivity index (χ1v) is 11.9. The van der Waals surface area contributed by atoms with Gasteiger partial charge < -0.3 is 9.53 Å². The average molecular weight is 454 g/mol. The lowest BCUT2D eigenvalue weighted by Gasteiger charge is -2.23. The Hall–Kier alpha value is -3.19. The molecule has 0 radical (unpaired) electrons. The Morgan fingerprint density at radius 3 is 2.62 bits per heavy atom. The number of sulfonamides is 1. The van der Waals surface area contributed by atoms with E-state index in [1.165, 1.54) is 10.4 Å². The molecule has 0 saturated carbocycles. The van der Waals surface area contributed by atoms with Crippen molar-refractivity contribution in [3.63, 3.8) is 0 Å². The first-order chi connectivity index (χ1) is 15.4. The van der Waals surface area contributed by atoms with E-state index in [0.717, 1.165) is 17.4 Å². The SMILES string of the molecule is Cc1ccccc1S(=O)(=O)N1CCc2cccc(COc3ccc(CCC=O)c(F)c3)c21. The van der Waals surface area contributed by atoms with E-state index in [1.807, 2.05) is 24.3 Å². The molecule has 0 amide bonds. The van der Waals surface area contributed by atoms with Crippen LogP contribution in [0.2, 0.25) is 0 Å². The minimum atomic E-state index is -3.72. The second-order valence-electron chi connectivity index (χ2n) is 7.76. The summed E-state index contributed by atoms with van der Waals surface area (Å²) in [7, 11) is -3.72. The summed E-state index contributed by atoms with van der Waals surface area (Å²) in [5.41, 5.74) is 3.46. The molecule has 32 heavy (non-hydrogen) atoms. The molecule has 0 atom stereocenters. The van der Waals surface area contributed by atoms with E-state index < -0.39 is 15.8 Å². The lowest BCUT2D eigenvalue weighted by Crippen LogP contribution is -2.30. The highest BCUT2D eigenvalue weighted by Gasteiger charge is 2.33. The number of hydrogen-bond donors (Lipinski definition) is 0. The lowest BCUT2D eigenvalue weighted by atomic mass is 10.1. The minimum Gasteiger partial charge on any atom is -0.489 e. The Labute approximate surface area is 187 Å². The molecule has 1 aliphatic rings. The van der Waals surface area contributed by atoms with E-state index in [2.05, 4.69) is 0 Å². The Kier molecular flexibility index (Phi) is 6.28. The maximum Gasteiger partial charge on any atom is 0.264 e. The molecular weight excluding hydrogens is 429 g/mol. The fraction of sp³-hybridized carbons (Fsp3) is 0.240. The van der Waals surface area contributed by atoms with E-state index in [-0.39, 0.29) is 17.9 Å². The first-order valence-electron chi connectivity index (χ1n) is 10.5. The molecule has 3 aromatic carbocycles. The summed E-state index contributed by atoms with van der Waals surface area (Å²) < 4.78 is 48.4. The van der Waals surface area contributed by atoms with Crippen molar-refractivity contribution in [2.75, 3.05) is 10.8 Å². The van der Waals surface area contributed by atoms with Crippen LogP contribution in [0.4, 0.5) is 10.1 Å². The molecule has 166 valence electrons. The summed E-state index contributed by atoms with van der Waals surface area (Å²) in [5, 5.41) is 0. The summed E-state index contributed by atoms with van der Waals surface area (Å²) in [6.07, 6.45) is 1.98. The van der Waals surface area contributed by atoms with Gasteiger partial charge in [-0.15, -0.1) is 0 Å². The van der Waals surface area contributed by atoms with E-state index >= 15 is 0 Å². The van der Waals surface area contributed by atoms with Gasteiger partial charge in [-0.1, -0.05) is 42.5 Å². The van der Waals surface area contributed by atoms with Gasteiger partial charge in [0.05, 0.1) is 10.6 Å². The summed E-state index contributed by atoms with van der Waals surface area (Å²) in [4.78, 5) is 10.8. The van der Waals surface area contributed by atoms with Crippen LogP contribution in [0, 0.1) is 12.7 Å². The second-order valence-corrected chi connectivity index (χ2v) is 9.60. The molecule has 1 aliphatic heterocycles. The number of carbonyl (C=O) groups is 1. The average Bonchev–Trinajstić information content (AvgIpc) is 3.23. The number of benzene rings is 3. The highest BCUT2D eigenvalue weighted by molar-refractivity contribution is 7.93. The van der Waals surface area contributed by atoms with Crippen LogP contribution >= 0.6 is 0 Å². The van der Waals surface area contributed by atoms with Crippen molar-refractivity contribution in [2.45, 2.75) is 37.7 Å². The summed E-state index contributed by atoms with van der Waals surface area (Å²) in [6.45, 7) is 2.26. The van der Waals surface area contributed by atoms with E-state index in [4.69, 9.17) is 4.74 Å². The summed E-state index contributed by atoms with van der Waals surface area (Å²) in [5.74, 6) is -0.0762. The van der Waals surface area contributed by atoms with Crippen LogP contribution in [0.15, 0.2) is 65.6 Å². The van der Waals surface area contributed by atoms with Crippen molar-refractivity contribution < 1.29 is 22.3 Å². The Morgan fingerprint density at radius 1 is 1.06 bits per heavy atom. The lowest BCUT2D eigenvalue weighted by molar-refractivity contribution is -0.107. The number of para-hydroxylation sites is 1. The zero-order valence-corrected chi connectivity index (χ0v) is 18.6. The first kappa shape index (κ1) is 22.0. The third kappa shape index (κ3) is 4.25. The van der Waals surface area contributed by atoms with E-state index in [9.17, 15) is 17.6 Å². The van der Waals surface area contributed by atoms with Crippen molar-refractivity contribution in [2.24, 2.45) is 0 Å². The topological polar surface area (TPSA) is 63.7 Å². The zero-order chi connectivity index (χ0) is 22.7. The molecule has 0 fully saturated rings. The highest BCUT2D eigenvalue weighted by Crippen LogP contribution is 2.37. The maximum atomic E-state index is 14.3. The van der Waals surface area contributed by atoms with Gasteiger partial charge in [0.2, 0.25) is 0 Å². The van der Waals surface area contributed by atoms with E-state index in [0.29, 0.717) is 42.0 Å². The van der Waals surface area contributed by atoms with Crippen LogP contribution in [-0.2, 0) is 34.3 Å². The maximum absolute atomic E-state index is 14.3. The van der Waals surface area contributed by atoms with Crippen molar-refractivity contribution >= 4 is 22.0 Å². The molecule has 0 aromatic heterocycles. The van der Waals surface area contributed by atoms with Crippen LogP contribution in [0.1, 0.15) is 28.7 Å². The Morgan fingerprint density at radius 2 is 1.88 bits per heavy atom. The number of aryl methyl sites for hydroxylation is 2. The van der Waals surface area contributed by atoms with Crippen LogP contribution in [0.5, 0.6) is 5.75 Å². The predicted molar refractivity (Wildman–Crippen MR) is 121 cm³/mol. The zero-order valence-electron chi connectivity index (χ0n) is 17.8. The second kappa shape index (κ2) is 9.12. The Bertz CT molecular complexity index is 1260. The third-order valence-corrected chi connectivity index (χ3v) is 7.61. The van der Waals surface area contributed by atoms with Crippen LogP contribution in [0.3, 0.4) is 0 Å². The molecule has 1 heterocycles. The molecule has 5 nitrogen and oxygen atoms in total. The number of anilines is 1. The van der Waals surface area contributed by atoms with Gasteiger partial charge in [-0.3, -0.25) is 4.31 Å². The minimum absolute atomic E-state index is 0.107. The number of nitrogens with zero attached hydrogens (tertiary/aromatic N) is 1. The van der Waals surface area contributed by atoms with Crippen LogP contribution < -0.4 is 9.04 Å². The van der Waals surface area contributed by atoms with Gasteiger partial charge in [0, 0.05) is 24.6 Å². The molecule has 3 aromatic rings. The van der Waals surface area contributed by atoms with Crippen molar-refractivity contribution in [1.82, 2.24) is 0 Å². The van der Waals surface area contributed by atoms with Crippen LogP contribution in [0.25, 0.3) is 0 Å². The number of ether oxygens (including phenoxy) is 1. The third-order valence-electron chi connectivity index (χ3n) is 5.65. The molecule has 7 heteroatoms. The summed E-state index contributed by atoms with van der Waals surface area (Å²) >= 11 is 0.